The highest BCUT2D eigenvalue weighted by Crippen LogP contribution is 2.21. The molecule has 1 N–H and O–H groups in total. The maximum atomic E-state index is 12.1. The zero-order valence-electron chi connectivity index (χ0n) is 9.75. The predicted octanol–water partition coefficient (Wildman–Crippen LogP) is 1.69. The molecular formula is C10H11BrN4O2S. The number of sulfonamides is 1. The number of rotatable bonds is 3. The molecule has 8 heteroatoms. The fraction of sp³-hybridized carbons (Fsp3) is 0.200. The van der Waals surface area contributed by atoms with Crippen LogP contribution in [-0.4, -0.2) is 23.0 Å². The topological polar surface area (TPSA) is 76.9 Å². The molecule has 0 spiro atoms. The predicted molar refractivity (Wildman–Crippen MR) is 70.7 cm³/mol. The van der Waals surface area contributed by atoms with Crippen LogP contribution in [0.3, 0.4) is 0 Å². The lowest BCUT2D eigenvalue weighted by molar-refractivity contribution is 0.598. The number of anilines is 1. The molecule has 0 saturated heterocycles. The number of imidazole rings is 1. The normalized spacial score (nSPS) is 11.5. The van der Waals surface area contributed by atoms with Crippen molar-refractivity contribution in [1.29, 1.82) is 0 Å². The Morgan fingerprint density at radius 1 is 1.44 bits per heavy atom. The van der Waals surface area contributed by atoms with Crippen LogP contribution in [0.5, 0.6) is 0 Å². The summed E-state index contributed by atoms with van der Waals surface area (Å²) < 4.78 is 28.7. The Morgan fingerprint density at radius 3 is 2.72 bits per heavy atom. The molecule has 6 nitrogen and oxygen atoms in total. The maximum absolute atomic E-state index is 12.1. The molecule has 0 saturated carbocycles. The smallest absolute Gasteiger partial charge is 0.281 e. The van der Waals surface area contributed by atoms with Crippen LogP contribution in [0.2, 0.25) is 0 Å². The summed E-state index contributed by atoms with van der Waals surface area (Å²) in [4.78, 5) is 7.93. The van der Waals surface area contributed by atoms with Crippen molar-refractivity contribution < 1.29 is 8.42 Å². The fourth-order valence-electron chi connectivity index (χ4n) is 1.31. The second-order valence-corrected chi connectivity index (χ2v) is 6.06. The van der Waals surface area contributed by atoms with Gasteiger partial charge in [0.05, 0.1) is 5.69 Å². The van der Waals surface area contributed by atoms with Crippen LogP contribution in [0.15, 0.2) is 34.2 Å². The van der Waals surface area contributed by atoms with E-state index in [9.17, 15) is 8.42 Å². The Hall–Kier alpha value is -1.41. The molecule has 0 fully saturated rings. The van der Waals surface area contributed by atoms with Crippen molar-refractivity contribution in [2.24, 2.45) is 7.05 Å². The first-order valence-corrected chi connectivity index (χ1v) is 7.31. The van der Waals surface area contributed by atoms with Gasteiger partial charge < -0.3 is 4.57 Å². The maximum Gasteiger partial charge on any atom is 0.281 e. The van der Waals surface area contributed by atoms with E-state index in [-0.39, 0.29) is 5.03 Å². The number of nitrogens with one attached hydrogen (secondary N) is 1. The Morgan fingerprint density at radius 2 is 2.17 bits per heavy atom. The molecule has 0 bridgehead atoms. The highest BCUT2D eigenvalue weighted by atomic mass is 79.9. The molecular weight excluding hydrogens is 320 g/mol. The van der Waals surface area contributed by atoms with E-state index in [4.69, 9.17) is 0 Å². The van der Waals surface area contributed by atoms with E-state index in [0.29, 0.717) is 16.1 Å². The van der Waals surface area contributed by atoms with Crippen molar-refractivity contribution in [2.75, 3.05) is 4.72 Å². The molecule has 2 aromatic rings. The van der Waals surface area contributed by atoms with Gasteiger partial charge >= 0.3 is 0 Å². The average molecular weight is 331 g/mol. The number of pyridine rings is 1. The van der Waals surface area contributed by atoms with Crippen molar-refractivity contribution in [3.05, 3.63) is 35.0 Å². The minimum Gasteiger partial charge on any atom is -0.337 e. The second kappa shape index (κ2) is 4.69. The van der Waals surface area contributed by atoms with Crippen LogP contribution < -0.4 is 4.72 Å². The zero-order chi connectivity index (χ0) is 13.3. The highest BCUT2D eigenvalue weighted by molar-refractivity contribution is 9.10. The number of nitrogens with zero attached hydrogens (tertiary/aromatic N) is 3. The van der Waals surface area contributed by atoms with Crippen molar-refractivity contribution >= 4 is 31.6 Å². The van der Waals surface area contributed by atoms with Crippen LogP contribution in [0.4, 0.5) is 5.69 Å². The fourth-order valence-corrected chi connectivity index (χ4v) is 2.90. The van der Waals surface area contributed by atoms with Crippen molar-refractivity contribution in [2.45, 2.75) is 11.9 Å². The summed E-state index contributed by atoms with van der Waals surface area (Å²) in [6, 6.07) is 3.26. The van der Waals surface area contributed by atoms with Crippen molar-refractivity contribution in [1.82, 2.24) is 14.5 Å². The molecule has 0 aliphatic carbocycles. The van der Waals surface area contributed by atoms with E-state index in [2.05, 4.69) is 30.6 Å². The summed E-state index contributed by atoms with van der Waals surface area (Å²) >= 11 is 3.18. The molecule has 2 heterocycles. The van der Waals surface area contributed by atoms with E-state index in [1.807, 2.05) is 0 Å². The van der Waals surface area contributed by atoms with Crippen LogP contribution in [0, 0.1) is 6.92 Å². The van der Waals surface area contributed by atoms with E-state index in [0.717, 1.165) is 0 Å². The first-order valence-electron chi connectivity index (χ1n) is 5.03. The number of aryl methyl sites for hydroxylation is 2. The van der Waals surface area contributed by atoms with Gasteiger partial charge in [-0.1, -0.05) is 0 Å². The zero-order valence-corrected chi connectivity index (χ0v) is 12.2. The Labute approximate surface area is 113 Å². The van der Waals surface area contributed by atoms with Gasteiger partial charge in [-0.2, -0.15) is 8.42 Å². The Balaban J connectivity index is 2.36. The Kier molecular flexibility index (Phi) is 3.40. The van der Waals surface area contributed by atoms with Gasteiger partial charge in [0.25, 0.3) is 10.0 Å². The van der Waals surface area contributed by atoms with Crippen LogP contribution in [0.1, 0.15) is 5.82 Å². The third kappa shape index (κ3) is 2.54. The van der Waals surface area contributed by atoms with Crippen LogP contribution >= 0.6 is 15.9 Å². The van der Waals surface area contributed by atoms with Gasteiger partial charge in [0.1, 0.15) is 10.4 Å². The lowest BCUT2D eigenvalue weighted by Gasteiger charge is -2.06. The first kappa shape index (κ1) is 13.0. The van der Waals surface area contributed by atoms with E-state index < -0.39 is 10.0 Å². The van der Waals surface area contributed by atoms with Gasteiger partial charge in [-0.15, -0.1) is 0 Å². The Bertz CT molecular complexity index is 661. The second-order valence-electron chi connectivity index (χ2n) is 3.68. The summed E-state index contributed by atoms with van der Waals surface area (Å²) in [5.74, 6) is 0.626. The molecule has 0 amide bonds. The van der Waals surface area contributed by atoms with E-state index >= 15 is 0 Å². The molecule has 2 rings (SSSR count). The summed E-state index contributed by atoms with van der Waals surface area (Å²) in [7, 11) is -1.95. The van der Waals surface area contributed by atoms with Gasteiger partial charge in [0.15, 0.2) is 5.03 Å². The molecule has 18 heavy (non-hydrogen) atoms. The van der Waals surface area contributed by atoms with Crippen LogP contribution in [0.25, 0.3) is 0 Å². The number of hydrogen-bond donors (Lipinski definition) is 1. The molecule has 0 aliphatic rings. The van der Waals surface area contributed by atoms with Gasteiger partial charge in [-0.05, 0) is 35.0 Å². The van der Waals surface area contributed by atoms with Gasteiger partial charge in [0, 0.05) is 19.4 Å². The largest absolute Gasteiger partial charge is 0.337 e. The number of hydrogen-bond acceptors (Lipinski definition) is 4. The average Bonchev–Trinajstić information content (AvgIpc) is 2.63. The first-order chi connectivity index (χ1) is 8.40. The minimum absolute atomic E-state index is 0.0155. The number of aromatic nitrogens is 3. The van der Waals surface area contributed by atoms with E-state index in [1.54, 1.807) is 36.9 Å². The SMILES string of the molecule is Cc1nc(S(=O)(=O)Nc2cccnc2Br)cn1C. The van der Waals surface area contributed by atoms with Gasteiger partial charge in [0.2, 0.25) is 0 Å². The quantitative estimate of drug-likeness (QED) is 0.869. The lowest BCUT2D eigenvalue weighted by atomic mass is 10.4. The summed E-state index contributed by atoms with van der Waals surface area (Å²) in [5, 5.41) is -0.0155. The molecule has 0 aliphatic heterocycles. The van der Waals surface area contributed by atoms with Crippen molar-refractivity contribution in [3.63, 3.8) is 0 Å². The summed E-state index contributed by atoms with van der Waals surface area (Å²) in [6.07, 6.45) is 3.02. The lowest BCUT2D eigenvalue weighted by Crippen LogP contribution is -2.14. The third-order valence-electron chi connectivity index (χ3n) is 2.37. The monoisotopic (exact) mass is 330 g/mol. The highest BCUT2D eigenvalue weighted by Gasteiger charge is 2.19. The standard InChI is InChI=1S/C10H11BrN4O2S/c1-7-13-9(6-15(7)2)18(16,17)14-8-4-3-5-12-10(8)11/h3-6,14H,1-2H3. The summed E-state index contributed by atoms with van der Waals surface area (Å²) in [5.41, 5.74) is 0.376. The summed E-state index contributed by atoms with van der Waals surface area (Å²) in [6.45, 7) is 1.74. The molecule has 96 valence electrons. The molecule has 0 aromatic carbocycles. The van der Waals surface area contributed by atoms with Crippen LogP contribution in [-0.2, 0) is 17.1 Å². The molecule has 0 radical (unpaired) electrons. The molecule has 2 aromatic heterocycles. The van der Waals surface area contributed by atoms with Gasteiger partial charge in [-0.3, -0.25) is 4.72 Å². The van der Waals surface area contributed by atoms with Gasteiger partial charge in [-0.25, -0.2) is 9.97 Å². The van der Waals surface area contributed by atoms with Crippen molar-refractivity contribution in [3.8, 4) is 0 Å². The molecule has 0 atom stereocenters. The minimum atomic E-state index is -3.69. The third-order valence-corrected chi connectivity index (χ3v) is 4.23. The number of halogens is 1. The van der Waals surface area contributed by atoms with E-state index in [1.165, 1.54) is 6.20 Å². The molecule has 0 unspecified atom stereocenters.